The minimum Gasteiger partial charge on any atom is -0.343 e. The highest BCUT2D eigenvalue weighted by atomic mass is 31.2. The first-order valence-corrected chi connectivity index (χ1v) is 6.17. The van der Waals surface area contributed by atoms with E-state index in [1.807, 2.05) is 0 Å². The monoisotopic (exact) mass is 279 g/mol. The molecule has 102 valence electrons. The van der Waals surface area contributed by atoms with Crippen LogP contribution in [-0.4, -0.2) is 34.5 Å². The number of rotatable bonds is 6. The molecule has 0 aliphatic rings. The molecule has 0 heterocycles. The molecular weight excluding hydrogens is 266 g/mol. The molecule has 0 bridgehead atoms. The minimum absolute atomic E-state index is 0.113. The fraction of sp³-hybridized carbons (Fsp3) is 0.857. The first-order valence-electron chi connectivity index (χ1n) is 4.64. The van der Waals surface area contributed by atoms with E-state index >= 15 is 0 Å². The van der Waals surface area contributed by atoms with Gasteiger partial charge < -0.3 is 15.1 Å². The van der Waals surface area contributed by atoms with Gasteiger partial charge in [0.15, 0.2) is 0 Å². The zero-order valence-corrected chi connectivity index (χ0v) is 9.79. The maximum atomic E-state index is 11.9. The predicted molar refractivity (Wildman–Crippen MR) is 50.9 cm³/mol. The molecule has 17 heavy (non-hydrogen) atoms. The summed E-state index contributed by atoms with van der Waals surface area (Å²) in [5.74, 6) is -2.16. The lowest BCUT2D eigenvalue weighted by molar-refractivity contribution is -0.174. The van der Waals surface area contributed by atoms with Crippen LogP contribution in [0.5, 0.6) is 0 Å². The van der Waals surface area contributed by atoms with Gasteiger partial charge in [0, 0.05) is 0 Å². The number of carbonyl (C=O) groups excluding carboxylic acids is 1. The second-order valence-corrected chi connectivity index (χ2v) is 4.48. The molecule has 1 unspecified atom stereocenters. The van der Waals surface area contributed by atoms with Crippen molar-refractivity contribution in [3.8, 4) is 0 Å². The highest BCUT2D eigenvalue weighted by Crippen LogP contribution is 2.35. The van der Waals surface area contributed by atoms with Crippen molar-refractivity contribution >= 4 is 13.7 Å². The lowest BCUT2D eigenvalue weighted by Crippen LogP contribution is -2.45. The van der Waals surface area contributed by atoms with E-state index in [4.69, 9.17) is 9.79 Å². The summed E-state index contributed by atoms with van der Waals surface area (Å²) in [5, 5.41) is 1.60. The summed E-state index contributed by atoms with van der Waals surface area (Å²) < 4.78 is 50.2. The van der Waals surface area contributed by atoms with Gasteiger partial charge in [-0.25, -0.2) is 4.57 Å². The number of nitrogens with one attached hydrogen (secondary N) is 1. The highest BCUT2D eigenvalue weighted by Gasteiger charge is 2.39. The summed E-state index contributed by atoms with van der Waals surface area (Å²) in [6.07, 6.45) is -4.50. The number of hydrogen-bond acceptors (Lipinski definition) is 3. The van der Waals surface area contributed by atoms with E-state index < -0.39 is 32.6 Å². The average Bonchev–Trinajstić information content (AvgIpc) is 2.11. The smallest absolute Gasteiger partial charge is 0.343 e. The fourth-order valence-electron chi connectivity index (χ4n) is 1.000. The second kappa shape index (κ2) is 6.34. The van der Waals surface area contributed by atoms with Crippen molar-refractivity contribution in [1.82, 2.24) is 5.32 Å². The molecule has 0 spiro atoms. The van der Waals surface area contributed by atoms with Crippen molar-refractivity contribution in [2.75, 3.05) is 6.61 Å². The van der Waals surface area contributed by atoms with E-state index in [9.17, 15) is 22.5 Å². The van der Waals surface area contributed by atoms with Crippen LogP contribution in [0.25, 0.3) is 0 Å². The Labute approximate surface area is 95.4 Å². The number of phosphoric ester groups is 1. The number of amides is 1. The Morgan fingerprint density at radius 1 is 1.47 bits per heavy atom. The van der Waals surface area contributed by atoms with Gasteiger partial charge in [0.2, 0.25) is 0 Å². The van der Waals surface area contributed by atoms with E-state index in [0.29, 0.717) is 6.42 Å². The number of halogens is 3. The van der Waals surface area contributed by atoms with E-state index in [-0.39, 0.29) is 6.42 Å². The molecule has 6 nitrogen and oxygen atoms in total. The number of hydrogen-bond donors (Lipinski definition) is 3. The number of alkyl halides is 3. The van der Waals surface area contributed by atoms with Crippen molar-refractivity contribution in [3.05, 3.63) is 0 Å². The Hall–Kier alpha value is -0.630. The third kappa shape index (κ3) is 8.14. The number of phosphoric acid groups is 1. The molecule has 3 N–H and O–H groups in total. The van der Waals surface area contributed by atoms with Crippen LogP contribution in [0, 0.1) is 0 Å². The standard InChI is InChI=1S/C7H13F3NO5P/c1-2-3-5(4-16-17(13,14)15)11-6(12)7(8,9)10/h5H,2-4H2,1H3,(H,11,12)(H2,13,14,15). The van der Waals surface area contributed by atoms with Crippen LogP contribution >= 0.6 is 7.82 Å². The Balaban J connectivity index is 4.34. The SMILES string of the molecule is CCCC(COP(=O)(O)O)NC(=O)C(F)(F)F. The van der Waals surface area contributed by atoms with Gasteiger partial charge >= 0.3 is 19.9 Å². The van der Waals surface area contributed by atoms with Gasteiger partial charge in [0.05, 0.1) is 12.6 Å². The summed E-state index contributed by atoms with van der Waals surface area (Å²) in [6, 6.07) is -1.10. The van der Waals surface area contributed by atoms with Crippen LogP contribution in [0.15, 0.2) is 0 Å². The van der Waals surface area contributed by atoms with Crippen molar-refractivity contribution in [2.24, 2.45) is 0 Å². The summed E-state index contributed by atoms with van der Waals surface area (Å²) in [5.41, 5.74) is 0. The van der Waals surface area contributed by atoms with Crippen LogP contribution in [0.1, 0.15) is 19.8 Å². The molecular formula is C7H13F3NO5P. The molecule has 0 aliphatic carbocycles. The summed E-state index contributed by atoms with van der Waals surface area (Å²) >= 11 is 0. The van der Waals surface area contributed by atoms with Crippen LogP contribution in [0.3, 0.4) is 0 Å². The van der Waals surface area contributed by atoms with E-state index in [1.165, 1.54) is 0 Å². The van der Waals surface area contributed by atoms with E-state index in [0.717, 1.165) is 0 Å². The Kier molecular flexibility index (Phi) is 6.11. The van der Waals surface area contributed by atoms with Gasteiger partial charge in [-0.15, -0.1) is 0 Å². The summed E-state index contributed by atoms with van der Waals surface area (Å²) in [7, 11) is -4.76. The van der Waals surface area contributed by atoms with Gasteiger partial charge in [-0.3, -0.25) is 9.32 Å². The first kappa shape index (κ1) is 16.4. The summed E-state index contributed by atoms with van der Waals surface area (Å²) in [6.45, 7) is 0.962. The molecule has 0 saturated heterocycles. The topological polar surface area (TPSA) is 95.9 Å². The molecule has 0 aromatic heterocycles. The summed E-state index contributed by atoms with van der Waals surface area (Å²) in [4.78, 5) is 27.4. The van der Waals surface area contributed by atoms with E-state index in [2.05, 4.69) is 4.52 Å². The third-order valence-corrected chi connectivity index (χ3v) is 2.16. The molecule has 10 heteroatoms. The van der Waals surface area contributed by atoms with E-state index in [1.54, 1.807) is 12.2 Å². The Morgan fingerprint density at radius 2 is 2.00 bits per heavy atom. The predicted octanol–water partition coefficient (Wildman–Crippen LogP) is 0.943. The fourth-order valence-corrected chi connectivity index (χ4v) is 1.37. The number of carbonyl (C=O) groups is 1. The van der Waals surface area contributed by atoms with Crippen LogP contribution in [0.2, 0.25) is 0 Å². The Morgan fingerprint density at radius 3 is 2.35 bits per heavy atom. The second-order valence-electron chi connectivity index (χ2n) is 3.24. The molecule has 0 rings (SSSR count). The zero-order valence-electron chi connectivity index (χ0n) is 8.90. The van der Waals surface area contributed by atoms with Crippen LogP contribution in [-0.2, 0) is 13.9 Å². The molecule has 0 saturated carbocycles. The maximum Gasteiger partial charge on any atom is 0.471 e. The molecule has 0 aromatic rings. The molecule has 0 aromatic carbocycles. The van der Waals surface area contributed by atoms with Gasteiger partial charge in [0.25, 0.3) is 0 Å². The highest BCUT2D eigenvalue weighted by molar-refractivity contribution is 7.46. The van der Waals surface area contributed by atoms with Crippen molar-refractivity contribution in [3.63, 3.8) is 0 Å². The molecule has 0 fully saturated rings. The first-order chi connectivity index (χ1) is 7.56. The zero-order chi connectivity index (χ0) is 13.7. The Bertz CT molecular complexity index is 302. The molecule has 1 amide bonds. The minimum atomic E-state index is -5.03. The van der Waals surface area contributed by atoms with Gasteiger partial charge in [-0.1, -0.05) is 13.3 Å². The molecule has 1 atom stereocenters. The lowest BCUT2D eigenvalue weighted by Gasteiger charge is -2.19. The van der Waals surface area contributed by atoms with Crippen molar-refractivity contribution in [2.45, 2.75) is 32.0 Å². The van der Waals surface area contributed by atoms with Crippen LogP contribution < -0.4 is 5.32 Å². The van der Waals surface area contributed by atoms with Crippen LogP contribution in [0.4, 0.5) is 13.2 Å². The van der Waals surface area contributed by atoms with Gasteiger partial charge in [-0.2, -0.15) is 13.2 Å². The quantitative estimate of drug-likeness (QED) is 0.629. The molecule has 0 aliphatic heterocycles. The lowest BCUT2D eigenvalue weighted by atomic mass is 10.2. The average molecular weight is 279 g/mol. The van der Waals surface area contributed by atoms with Gasteiger partial charge in [0.1, 0.15) is 0 Å². The largest absolute Gasteiger partial charge is 0.471 e. The maximum absolute atomic E-state index is 11.9. The normalized spacial score (nSPS) is 14.5. The third-order valence-electron chi connectivity index (χ3n) is 1.67. The van der Waals surface area contributed by atoms with Crippen molar-refractivity contribution < 1.29 is 36.8 Å². The van der Waals surface area contributed by atoms with Crippen molar-refractivity contribution in [1.29, 1.82) is 0 Å². The molecule has 0 radical (unpaired) electrons. The van der Waals surface area contributed by atoms with Gasteiger partial charge in [-0.05, 0) is 6.42 Å².